The van der Waals surface area contributed by atoms with E-state index in [-0.39, 0.29) is 24.1 Å². The van der Waals surface area contributed by atoms with Crippen LogP contribution in [0.2, 0.25) is 0 Å². The highest BCUT2D eigenvalue weighted by Crippen LogP contribution is 2.33. The molecule has 4 nitrogen and oxygen atoms in total. The van der Waals surface area contributed by atoms with Crippen molar-refractivity contribution in [3.63, 3.8) is 0 Å². The standard InChI is InChI=1S/C13H14BrF3N2O2/c14-8-3-4-10(11(6-8)21-13(15,16)17)19-12(20)7-9-2-1-5-18-9/h3-4,6,9,18H,1-2,5,7H2,(H,19,20). The molecule has 0 spiro atoms. The topological polar surface area (TPSA) is 50.4 Å². The molecule has 1 saturated heterocycles. The Morgan fingerprint density at radius 1 is 1.48 bits per heavy atom. The van der Waals surface area contributed by atoms with Crippen LogP contribution in [0.1, 0.15) is 19.3 Å². The van der Waals surface area contributed by atoms with Crippen LogP contribution >= 0.6 is 15.9 Å². The maximum atomic E-state index is 12.4. The minimum Gasteiger partial charge on any atom is -0.404 e. The highest BCUT2D eigenvalue weighted by molar-refractivity contribution is 9.10. The molecule has 1 atom stereocenters. The Morgan fingerprint density at radius 3 is 2.86 bits per heavy atom. The van der Waals surface area contributed by atoms with Crippen molar-refractivity contribution >= 4 is 27.5 Å². The van der Waals surface area contributed by atoms with Crippen molar-refractivity contribution in [2.24, 2.45) is 0 Å². The van der Waals surface area contributed by atoms with Crippen molar-refractivity contribution in [3.05, 3.63) is 22.7 Å². The van der Waals surface area contributed by atoms with Gasteiger partial charge in [-0.1, -0.05) is 15.9 Å². The molecule has 0 aromatic heterocycles. The first-order chi connectivity index (χ1) is 9.83. The number of anilines is 1. The summed E-state index contributed by atoms with van der Waals surface area (Å²) in [5.41, 5.74) is -0.00137. The summed E-state index contributed by atoms with van der Waals surface area (Å²) in [6.07, 6.45) is -2.70. The molecule has 8 heteroatoms. The van der Waals surface area contributed by atoms with Gasteiger partial charge in [-0.3, -0.25) is 4.79 Å². The molecule has 21 heavy (non-hydrogen) atoms. The van der Waals surface area contributed by atoms with Crippen LogP contribution in [0.4, 0.5) is 18.9 Å². The van der Waals surface area contributed by atoms with Crippen molar-refractivity contribution in [1.29, 1.82) is 0 Å². The number of hydrogen-bond acceptors (Lipinski definition) is 3. The van der Waals surface area contributed by atoms with Gasteiger partial charge < -0.3 is 15.4 Å². The Morgan fingerprint density at radius 2 is 2.24 bits per heavy atom. The Labute approximate surface area is 128 Å². The number of ether oxygens (including phenoxy) is 1. The summed E-state index contributed by atoms with van der Waals surface area (Å²) in [7, 11) is 0. The normalized spacial score (nSPS) is 18.6. The lowest BCUT2D eigenvalue weighted by Gasteiger charge is -2.15. The molecule has 1 aliphatic rings. The average Bonchev–Trinajstić information content (AvgIpc) is 2.83. The first-order valence-electron chi connectivity index (χ1n) is 6.42. The third kappa shape index (κ3) is 5.20. The number of alkyl halides is 3. The molecule has 2 rings (SSSR count). The van der Waals surface area contributed by atoms with E-state index in [9.17, 15) is 18.0 Å². The van der Waals surface area contributed by atoms with Gasteiger partial charge in [-0.05, 0) is 37.6 Å². The number of carbonyl (C=O) groups is 1. The summed E-state index contributed by atoms with van der Waals surface area (Å²) in [6.45, 7) is 0.860. The van der Waals surface area contributed by atoms with Crippen LogP contribution in [-0.4, -0.2) is 24.9 Å². The lowest BCUT2D eigenvalue weighted by Crippen LogP contribution is -2.27. The number of amides is 1. The predicted octanol–water partition coefficient (Wildman–Crippen LogP) is 3.43. The van der Waals surface area contributed by atoms with Crippen LogP contribution in [-0.2, 0) is 4.79 Å². The largest absolute Gasteiger partial charge is 0.573 e. The average molecular weight is 367 g/mol. The molecule has 1 fully saturated rings. The van der Waals surface area contributed by atoms with Gasteiger partial charge in [0.05, 0.1) is 5.69 Å². The van der Waals surface area contributed by atoms with Crippen molar-refractivity contribution in [2.45, 2.75) is 31.7 Å². The molecular formula is C13H14BrF3N2O2. The summed E-state index contributed by atoms with van der Waals surface area (Å²) in [5, 5.41) is 5.62. The van der Waals surface area contributed by atoms with Crippen molar-refractivity contribution < 1.29 is 22.7 Å². The number of halogens is 4. The Hall–Kier alpha value is -1.28. The fraction of sp³-hybridized carbons (Fsp3) is 0.462. The molecule has 1 aromatic rings. The van der Waals surface area contributed by atoms with Crippen LogP contribution in [0.5, 0.6) is 5.75 Å². The van der Waals surface area contributed by atoms with Crippen LogP contribution in [0.25, 0.3) is 0 Å². The van der Waals surface area contributed by atoms with E-state index in [2.05, 4.69) is 31.3 Å². The lowest BCUT2D eigenvalue weighted by atomic mass is 10.1. The summed E-state index contributed by atoms with van der Waals surface area (Å²) in [5.74, 6) is -0.784. The molecule has 1 heterocycles. The van der Waals surface area contributed by atoms with Crippen molar-refractivity contribution in [2.75, 3.05) is 11.9 Å². The Balaban J connectivity index is 2.05. The van der Waals surface area contributed by atoms with E-state index in [4.69, 9.17) is 0 Å². The van der Waals surface area contributed by atoms with Gasteiger partial charge in [-0.25, -0.2) is 0 Å². The fourth-order valence-corrected chi connectivity index (χ4v) is 2.50. The zero-order valence-electron chi connectivity index (χ0n) is 11.0. The van der Waals surface area contributed by atoms with Gasteiger partial charge in [0.2, 0.25) is 5.91 Å². The molecule has 1 unspecified atom stereocenters. The fourth-order valence-electron chi connectivity index (χ4n) is 2.16. The van der Waals surface area contributed by atoms with Crippen molar-refractivity contribution in [1.82, 2.24) is 5.32 Å². The number of nitrogens with one attached hydrogen (secondary N) is 2. The summed E-state index contributed by atoms with van der Waals surface area (Å²) in [4.78, 5) is 11.9. The molecule has 0 saturated carbocycles. The molecule has 2 N–H and O–H groups in total. The molecular weight excluding hydrogens is 353 g/mol. The first-order valence-corrected chi connectivity index (χ1v) is 7.21. The van der Waals surface area contributed by atoms with Gasteiger partial charge in [-0.15, -0.1) is 13.2 Å². The third-order valence-electron chi connectivity index (χ3n) is 3.04. The van der Waals surface area contributed by atoms with E-state index in [1.807, 2.05) is 0 Å². The summed E-state index contributed by atoms with van der Waals surface area (Å²) < 4.78 is 41.4. The Bertz CT molecular complexity index is 517. The number of hydrogen-bond donors (Lipinski definition) is 2. The van der Waals surface area contributed by atoms with E-state index in [1.165, 1.54) is 12.1 Å². The Kier molecular flexibility index (Phi) is 5.10. The minimum absolute atomic E-state index is 0.00137. The van der Waals surface area contributed by atoms with E-state index >= 15 is 0 Å². The molecule has 1 amide bonds. The highest BCUT2D eigenvalue weighted by atomic mass is 79.9. The van der Waals surface area contributed by atoms with Gasteiger partial charge >= 0.3 is 6.36 Å². The van der Waals surface area contributed by atoms with E-state index in [0.717, 1.165) is 25.5 Å². The lowest BCUT2D eigenvalue weighted by molar-refractivity contribution is -0.274. The predicted molar refractivity (Wildman–Crippen MR) is 75.1 cm³/mol. The molecule has 0 aliphatic carbocycles. The van der Waals surface area contributed by atoms with Gasteiger partial charge in [0.25, 0.3) is 0 Å². The van der Waals surface area contributed by atoms with Crippen molar-refractivity contribution in [3.8, 4) is 5.75 Å². The van der Waals surface area contributed by atoms with Gasteiger partial charge in [0.15, 0.2) is 5.75 Å². The SMILES string of the molecule is O=C(CC1CCCN1)Nc1ccc(Br)cc1OC(F)(F)F. The van der Waals surface area contributed by atoms with Gasteiger partial charge in [0, 0.05) is 16.9 Å². The smallest absolute Gasteiger partial charge is 0.404 e. The molecule has 0 radical (unpaired) electrons. The van der Waals surface area contributed by atoms with E-state index in [1.54, 1.807) is 0 Å². The second-order valence-corrected chi connectivity index (χ2v) is 5.65. The van der Waals surface area contributed by atoms with E-state index in [0.29, 0.717) is 4.47 Å². The minimum atomic E-state index is -4.81. The van der Waals surface area contributed by atoms with Gasteiger partial charge in [-0.2, -0.15) is 0 Å². The zero-order chi connectivity index (χ0) is 15.5. The maximum Gasteiger partial charge on any atom is 0.573 e. The molecule has 0 bridgehead atoms. The molecule has 1 aromatic carbocycles. The van der Waals surface area contributed by atoms with Gasteiger partial charge in [0.1, 0.15) is 0 Å². The monoisotopic (exact) mass is 366 g/mol. The summed E-state index contributed by atoms with van der Waals surface area (Å²) >= 11 is 3.07. The summed E-state index contributed by atoms with van der Waals surface area (Å²) in [6, 6.07) is 4.14. The van der Waals surface area contributed by atoms with E-state index < -0.39 is 12.1 Å². The number of benzene rings is 1. The zero-order valence-corrected chi connectivity index (χ0v) is 12.6. The molecule has 116 valence electrons. The van der Waals surface area contributed by atoms with Crippen LogP contribution in [0.3, 0.4) is 0 Å². The second-order valence-electron chi connectivity index (χ2n) is 4.73. The third-order valence-corrected chi connectivity index (χ3v) is 3.53. The molecule has 1 aliphatic heterocycles. The quantitative estimate of drug-likeness (QED) is 0.858. The number of carbonyl (C=O) groups excluding carboxylic acids is 1. The highest BCUT2D eigenvalue weighted by Gasteiger charge is 2.32. The maximum absolute atomic E-state index is 12.4. The van der Waals surface area contributed by atoms with Crippen LogP contribution < -0.4 is 15.4 Å². The van der Waals surface area contributed by atoms with Crippen LogP contribution in [0, 0.1) is 0 Å². The van der Waals surface area contributed by atoms with Crippen LogP contribution in [0.15, 0.2) is 22.7 Å². The second kappa shape index (κ2) is 6.65. The first kappa shape index (κ1) is 16.1. The number of rotatable bonds is 4.